The Kier molecular flexibility index (Phi) is 6.29. The van der Waals surface area contributed by atoms with E-state index in [0.29, 0.717) is 19.5 Å². The lowest BCUT2D eigenvalue weighted by atomic mass is 10.0. The van der Waals surface area contributed by atoms with Crippen molar-refractivity contribution in [3.8, 4) is 5.75 Å². The summed E-state index contributed by atoms with van der Waals surface area (Å²) in [6.07, 6.45) is 2.25. The van der Waals surface area contributed by atoms with Gasteiger partial charge in [0.1, 0.15) is 5.75 Å². The molecule has 3 rings (SSSR count). The number of morpholine rings is 1. The summed E-state index contributed by atoms with van der Waals surface area (Å²) in [5.74, 6) is 1.04. The molecule has 1 saturated heterocycles. The molecule has 2 atom stereocenters. The van der Waals surface area contributed by atoms with Crippen molar-refractivity contribution in [1.82, 2.24) is 4.90 Å². The van der Waals surface area contributed by atoms with E-state index in [1.807, 2.05) is 54.3 Å². The number of hydrogen-bond donors (Lipinski definition) is 0. The van der Waals surface area contributed by atoms with Crippen molar-refractivity contribution >= 4 is 5.91 Å². The Hall–Kier alpha value is -2.33. The van der Waals surface area contributed by atoms with E-state index in [2.05, 4.69) is 12.1 Å². The molecule has 26 heavy (non-hydrogen) atoms. The number of aryl methyl sites for hydroxylation is 1. The van der Waals surface area contributed by atoms with Crippen LogP contribution in [0.5, 0.6) is 5.75 Å². The number of benzene rings is 2. The normalized spacial score (nSPS) is 20.0. The molecule has 1 aliphatic rings. The van der Waals surface area contributed by atoms with E-state index in [4.69, 9.17) is 9.47 Å². The van der Waals surface area contributed by atoms with Crippen LogP contribution in [0.2, 0.25) is 0 Å². The number of nitrogens with zero attached hydrogens (tertiary/aromatic N) is 1. The van der Waals surface area contributed by atoms with Crippen molar-refractivity contribution in [3.05, 3.63) is 65.7 Å². The smallest absolute Gasteiger partial charge is 0.223 e. The molecule has 2 aromatic rings. The van der Waals surface area contributed by atoms with Crippen molar-refractivity contribution < 1.29 is 14.3 Å². The van der Waals surface area contributed by atoms with Crippen LogP contribution in [0.25, 0.3) is 0 Å². The van der Waals surface area contributed by atoms with E-state index < -0.39 is 0 Å². The largest absolute Gasteiger partial charge is 0.497 e. The minimum atomic E-state index is 0.0612. The molecule has 1 aliphatic heterocycles. The monoisotopic (exact) mass is 353 g/mol. The Morgan fingerprint density at radius 2 is 1.81 bits per heavy atom. The SMILES string of the molecule is COc1ccc(CCC(=O)N2CC(C)OC(Cc3ccccc3)C2)cc1. The van der Waals surface area contributed by atoms with Gasteiger partial charge in [-0.15, -0.1) is 0 Å². The molecule has 4 heteroatoms. The zero-order chi connectivity index (χ0) is 18.4. The van der Waals surface area contributed by atoms with Crippen molar-refractivity contribution in [3.63, 3.8) is 0 Å². The van der Waals surface area contributed by atoms with Crippen LogP contribution in [-0.2, 0) is 22.4 Å². The van der Waals surface area contributed by atoms with E-state index in [9.17, 15) is 4.79 Å². The van der Waals surface area contributed by atoms with Gasteiger partial charge in [0.25, 0.3) is 0 Å². The lowest BCUT2D eigenvalue weighted by Crippen LogP contribution is -2.49. The number of carbonyl (C=O) groups excluding carboxylic acids is 1. The number of rotatable bonds is 6. The molecule has 1 fully saturated rings. The Morgan fingerprint density at radius 3 is 2.50 bits per heavy atom. The molecule has 0 bridgehead atoms. The molecule has 0 radical (unpaired) electrons. The quantitative estimate of drug-likeness (QED) is 0.798. The Bertz CT molecular complexity index is 699. The minimum absolute atomic E-state index is 0.0612. The van der Waals surface area contributed by atoms with Gasteiger partial charge < -0.3 is 14.4 Å². The molecular formula is C22H27NO3. The first-order valence-electron chi connectivity index (χ1n) is 9.24. The number of carbonyl (C=O) groups is 1. The van der Waals surface area contributed by atoms with Crippen LogP contribution < -0.4 is 4.74 Å². The first-order chi connectivity index (χ1) is 12.6. The molecule has 0 spiro atoms. The molecular weight excluding hydrogens is 326 g/mol. The van der Waals surface area contributed by atoms with Crippen LogP contribution in [0.15, 0.2) is 54.6 Å². The van der Waals surface area contributed by atoms with Crippen molar-refractivity contribution in [2.24, 2.45) is 0 Å². The molecule has 0 saturated carbocycles. The van der Waals surface area contributed by atoms with Gasteiger partial charge in [0.15, 0.2) is 0 Å². The fourth-order valence-electron chi connectivity index (χ4n) is 3.44. The van der Waals surface area contributed by atoms with Crippen LogP contribution in [0.4, 0.5) is 0 Å². The zero-order valence-electron chi connectivity index (χ0n) is 15.6. The fourth-order valence-corrected chi connectivity index (χ4v) is 3.44. The van der Waals surface area contributed by atoms with Gasteiger partial charge in [0, 0.05) is 25.9 Å². The van der Waals surface area contributed by atoms with Crippen molar-refractivity contribution in [2.45, 2.75) is 38.4 Å². The summed E-state index contributed by atoms with van der Waals surface area (Å²) in [6.45, 7) is 3.38. The van der Waals surface area contributed by atoms with Crippen LogP contribution in [0.3, 0.4) is 0 Å². The Balaban J connectivity index is 1.54. The van der Waals surface area contributed by atoms with E-state index >= 15 is 0 Å². The van der Waals surface area contributed by atoms with Gasteiger partial charge >= 0.3 is 0 Å². The van der Waals surface area contributed by atoms with Crippen molar-refractivity contribution in [1.29, 1.82) is 0 Å². The molecule has 1 amide bonds. The van der Waals surface area contributed by atoms with Crippen LogP contribution in [-0.4, -0.2) is 43.2 Å². The Labute approximate surface area is 155 Å². The van der Waals surface area contributed by atoms with Crippen LogP contribution in [0, 0.1) is 0 Å². The maximum atomic E-state index is 12.7. The van der Waals surface area contributed by atoms with Crippen LogP contribution in [0.1, 0.15) is 24.5 Å². The molecule has 0 N–H and O–H groups in total. The summed E-state index contributed by atoms with van der Waals surface area (Å²) in [7, 11) is 1.66. The lowest BCUT2D eigenvalue weighted by Gasteiger charge is -2.37. The highest BCUT2D eigenvalue weighted by molar-refractivity contribution is 5.76. The summed E-state index contributed by atoms with van der Waals surface area (Å²) in [5, 5.41) is 0. The van der Waals surface area contributed by atoms with Gasteiger partial charge in [0.2, 0.25) is 5.91 Å². The molecule has 138 valence electrons. The number of amides is 1. The second kappa shape index (κ2) is 8.86. The van der Waals surface area contributed by atoms with Gasteiger partial charge in [0.05, 0.1) is 19.3 Å². The third kappa shape index (κ3) is 5.09. The van der Waals surface area contributed by atoms with E-state index in [1.54, 1.807) is 7.11 Å². The van der Waals surface area contributed by atoms with Gasteiger partial charge in [-0.3, -0.25) is 4.79 Å². The lowest BCUT2D eigenvalue weighted by molar-refractivity contribution is -0.144. The highest BCUT2D eigenvalue weighted by atomic mass is 16.5. The predicted octanol–water partition coefficient (Wildman–Crippen LogP) is 3.49. The maximum absolute atomic E-state index is 12.7. The van der Waals surface area contributed by atoms with E-state index in [0.717, 1.165) is 24.2 Å². The predicted molar refractivity (Wildman–Crippen MR) is 102 cm³/mol. The van der Waals surface area contributed by atoms with E-state index in [1.165, 1.54) is 5.56 Å². The minimum Gasteiger partial charge on any atom is -0.497 e. The van der Waals surface area contributed by atoms with Crippen LogP contribution >= 0.6 is 0 Å². The number of ether oxygens (including phenoxy) is 2. The average Bonchev–Trinajstić information content (AvgIpc) is 2.67. The molecule has 0 aromatic heterocycles. The second-order valence-electron chi connectivity index (χ2n) is 6.91. The third-order valence-electron chi connectivity index (χ3n) is 4.77. The zero-order valence-corrected chi connectivity index (χ0v) is 15.6. The second-order valence-corrected chi connectivity index (χ2v) is 6.91. The summed E-state index contributed by atoms with van der Waals surface area (Å²) >= 11 is 0. The third-order valence-corrected chi connectivity index (χ3v) is 4.77. The van der Waals surface area contributed by atoms with Gasteiger partial charge in [-0.05, 0) is 36.6 Å². The molecule has 2 aromatic carbocycles. The average molecular weight is 353 g/mol. The summed E-state index contributed by atoms with van der Waals surface area (Å²) in [5.41, 5.74) is 2.40. The topological polar surface area (TPSA) is 38.8 Å². The van der Waals surface area contributed by atoms with Gasteiger partial charge in [-0.1, -0.05) is 42.5 Å². The summed E-state index contributed by atoms with van der Waals surface area (Å²) in [4.78, 5) is 14.6. The Morgan fingerprint density at radius 1 is 1.08 bits per heavy atom. The molecule has 0 aliphatic carbocycles. The highest BCUT2D eigenvalue weighted by Crippen LogP contribution is 2.18. The first-order valence-corrected chi connectivity index (χ1v) is 9.24. The molecule has 1 heterocycles. The fraction of sp³-hybridized carbons (Fsp3) is 0.409. The van der Waals surface area contributed by atoms with Gasteiger partial charge in [-0.25, -0.2) is 0 Å². The standard InChI is InChI=1S/C22H27NO3/c1-17-15-23(16-21(26-17)14-19-6-4-3-5-7-19)22(24)13-10-18-8-11-20(25-2)12-9-18/h3-9,11-12,17,21H,10,13-16H2,1-2H3. The highest BCUT2D eigenvalue weighted by Gasteiger charge is 2.28. The molecule has 4 nitrogen and oxygen atoms in total. The van der Waals surface area contributed by atoms with E-state index in [-0.39, 0.29) is 18.1 Å². The van der Waals surface area contributed by atoms with Gasteiger partial charge in [-0.2, -0.15) is 0 Å². The van der Waals surface area contributed by atoms with Crippen molar-refractivity contribution in [2.75, 3.05) is 20.2 Å². The molecule has 2 unspecified atom stereocenters. The maximum Gasteiger partial charge on any atom is 0.223 e. The number of hydrogen-bond acceptors (Lipinski definition) is 3. The summed E-state index contributed by atoms with van der Waals surface area (Å²) < 4.78 is 11.2. The summed E-state index contributed by atoms with van der Waals surface area (Å²) in [6, 6.07) is 18.2. The number of methoxy groups -OCH3 is 1. The first kappa shape index (κ1) is 18.5.